The normalized spacial score (nSPS) is 10.6. The molecule has 0 spiro atoms. The fraction of sp³-hybridized carbons (Fsp3) is 0. The topological polar surface area (TPSA) is 86.1 Å². The van der Waals surface area contributed by atoms with Crippen molar-refractivity contribution >= 4 is 28.7 Å². The maximum Gasteiger partial charge on any atom is 0.340 e. The number of benzene rings is 3. The smallest absolute Gasteiger partial charge is 0.340 e. The van der Waals surface area contributed by atoms with Gasteiger partial charge in [0.25, 0.3) is 0 Å². The summed E-state index contributed by atoms with van der Waals surface area (Å²) >= 11 is 0. The van der Waals surface area contributed by atoms with Gasteiger partial charge in [0.1, 0.15) is 11.3 Å². The number of carbonyl (C=O) groups is 1. The highest BCUT2D eigenvalue weighted by atomic mass is 16.4. The summed E-state index contributed by atoms with van der Waals surface area (Å²) < 4.78 is 0. The Morgan fingerprint density at radius 2 is 1.44 bits per heavy atom. The van der Waals surface area contributed by atoms with Crippen LogP contribution in [0.2, 0.25) is 0 Å². The monoisotopic (exact) mass is 332 g/mol. The number of para-hydroxylation sites is 1. The lowest BCUT2D eigenvalue weighted by atomic mass is 10.1. The van der Waals surface area contributed by atoms with Gasteiger partial charge in [-0.1, -0.05) is 42.5 Å². The lowest BCUT2D eigenvalue weighted by Crippen LogP contribution is -2.12. The highest BCUT2D eigenvalue weighted by Gasteiger charge is 2.15. The number of nitrogens with zero attached hydrogens (tertiary/aromatic N) is 2. The molecule has 124 valence electrons. The molecule has 25 heavy (non-hydrogen) atoms. The molecule has 0 fully saturated rings. The van der Waals surface area contributed by atoms with Crippen molar-refractivity contribution in [1.29, 1.82) is 0 Å². The van der Waals surface area contributed by atoms with E-state index in [1.54, 1.807) is 30.3 Å². The second-order valence-corrected chi connectivity index (χ2v) is 5.16. The van der Waals surface area contributed by atoms with Crippen LogP contribution < -0.4 is 10.9 Å². The summed E-state index contributed by atoms with van der Waals surface area (Å²) in [6.45, 7) is 0. The Bertz CT molecular complexity index is 880. The van der Waals surface area contributed by atoms with Crippen LogP contribution in [-0.2, 0) is 0 Å². The number of anilines is 2. The van der Waals surface area contributed by atoms with Gasteiger partial charge in [-0.25, -0.2) is 4.79 Å². The largest absolute Gasteiger partial charge is 0.478 e. The summed E-state index contributed by atoms with van der Waals surface area (Å²) in [7, 11) is 0. The molecule has 0 saturated heterocycles. The Kier molecular flexibility index (Phi) is 5.01. The number of hydrazine groups is 1. The second kappa shape index (κ2) is 7.74. The fourth-order valence-electron chi connectivity index (χ4n) is 2.22. The predicted molar refractivity (Wildman–Crippen MR) is 97.7 cm³/mol. The third kappa shape index (κ3) is 4.20. The number of aromatic carboxylic acids is 1. The van der Waals surface area contributed by atoms with Gasteiger partial charge in [-0.3, -0.25) is 5.43 Å². The SMILES string of the molecule is O=C(O)c1c(N=Nc2ccccc2)cccc1NNc1ccccc1. The molecule has 0 aromatic heterocycles. The van der Waals surface area contributed by atoms with Crippen LogP contribution in [0.4, 0.5) is 22.7 Å². The van der Waals surface area contributed by atoms with Crippen LogP contribution >= 0.6 is 0 Å². The van der Waals surface area contributed by atoms with Crippen molar-refractivity contribution in [3.63, 3.8) is 0 Å². The maximum atomic E-state index is 11.7. The molecule has 6 nitrogen and oxygen atoms in total. The summed E-state index contributed by atoms with van der Waals surface area (Å²) in [4.78, 5) is 11.7. The summed E-state index contributed by atoms with van der Waals surface area (Å²) in [5.74, 6) is -1.08. The number of carboxylic acid groups (broad SMARTS) is 1. The Morgan fingerprint density at radius 1 is 0.760 bits per heavy atom. The molecule has 3 N–H and O–H groups in total. The number of azo groups is 1. The van der Waals surface area contributed by atoms with E-state index in [0.29, 0.717) is 11.4 Å². The molecule has 0 aliphatic rings. The van der Waals surface area contributed by atoms with E-state index in [4.69, 9.17) is 0 Å². The Labute approximate surface area is 144 Å². The molecule has 0 bridgehead atoms. The first-order valence-corrected chi connectivity index (χ1v) is 7.64. The summed E-state index contributed by atoms with van der Waals surface area (Å²) in [6.07, 6.45) is 0. The zero-order valence-electron chi connectivity index (χ0n) is 13.3. The maximum absolute atomic E-state index is 11.7. The van der Waals surface area contributed by atoms with Crippen molar-refractivity contribution in [2.45, 2.75) is 0 Å². The average Bonchev–Trinajstić information content (AvgIpc) is 2.66. The molecule has 0 unspecified atom stereocenters. The number of hydrogen-bond acceptors (Lipinski definition) is 5. The minimum Gasteiger partial charge on any atom is -0.478 e. The molecule has 6 heteroatoms. The Morgan fingerprint density at radius 3 is 2.12 bits per heavy atom. The highest BCUT2D eigenvalue weighted by Crippen LogP contribution is 2.28. The number of nitrogens with one attached hydrogen (secondary N) is 2. The second-order valence-electron chi connectivity index (χ2n) is 5.16. The van der Waals surface area contributed by atoms with Crippen LogP contribution in [0.1, 0.15) is 10.4 Å². The van der Waals surface area contributed by atoms with Gasteiger partial charge in [-0.15, -0.1) is 5.11 Å². The van der Waals surface area contributed by atoms with Crippen molar-refractivity contribution in [2.75, 3.05) is 10.9 Å². The molecule has 3 aromatic carbocycles. The molecule has 3 rings (SSSR count). The fourth-order valence-corrected chi connectivity index (χ4v) is 2.22. The van der Waals surface area contributed by atoms with Crippen LogP contribution in [0, 0.1) is 0 Å². The van der Waals surface area contributed by atoms with Gasteiger partial charge in [-0.05, 0) is 36.4 Å². The van der Waals surface area contributed by atoms with E-state index in [0.717, 1.165) is 5.69 Å². The van der Waals surface area contributed by atoms with Crippen molar-refractivity contribution in [3.8, 4) is 0 Å². The standard InChI is InChI=1S/C19H16N4O2/c24-19(25)18-16(22-20-14-8-3-1-4-9-14)12-7-13-17(18)23-21-15-10-5-2-6-11-15/h1-13,20,22H,(H,24,25). The minimum absolute atomic E-state index is 0.0469. The number of rotatable bonds is 6. The molecule has 3 aromatic rings. The summed E-state index contributed by atoms with van der Waals surface area (Å²) in [5, 5.41) is 17.8. The van der Waals surface area contributed by atoms with Crippen molar-refractivity contribution in [3.05, 3.63) is 84.4 Å². The number of hydrogen-bond donors (Lipinski definition) is 3. The van der Waals surface area contributed by atoms with E-state index in [9.17, 15) is 9.90 Å². The summed E-state index contributed by atoms with van der Waals surface area (Å²) in [5.41, 5.74) is 8.08. The van der Waals surface area contributed by atoms with Gasteiger partial charge < -0.3 is 10.5 Å². The van der Waals surface area contributed by atoms with E-state index in [-0.39, 0.29) is 11.3 Å². The van der Waals surface area contributed by atoms with E-state index >= 15 is 0 Å². The van der Waals surface area contributed by atoms with Gasteiger partial charge in [0.2, 0.25) is 0 Å². The van der Waals surface area contributed by atoms with Gasteiger partial charge >= 0.3 is 5.97 Å². The zero-order chi connectivity index (χ0) is 17.5. The van der Waals surface area contributed by atoms with E-state index < -0.39 is 5.97 Å². The quantitative estimate of drug-likeness (QED) is 0.425. The van der Waals surface area contributed by atoms with Crippen LogP contribution in [0.15, 0.2) is 89.1 Å². The van der Waals surface area contributed by atoms with Crippen LogP contribution in [0.5, 0.6) is 0 Å². The third-order valence-electron chi connectivity index (χ3n) is 3.40. The molecule has 0 saturated carbocycles. The van der Waals surface area contributed by atoms with Gasteiger partial charge in [-0.2, -0.15) is 5.11 Å². The molecular weight excluding hydrogens is 316 g/mol. The molecule has 0 aliphatic carbocycles. The first-order chi connectivity index (χ1) is 12.2. The molecule has 0 aliphatic heterocycles. The van der Waals surface area contributed by atoms with Crippen LogP contribution in [0.25, 0.3) is 0 Å². The van der Waals surface area contributed by atoms with Gasteiger partial charge in [0.05, 0.1) is 17.1 Å². The van der Waals surface area contributed by atoms with Crippen LogP contribution in [0.3, 0.4) is 0 Å². The first-order valence-electron chi connectivity index (χ1n) is 7.64. The molecule has 0 heterocycles. The molecule has 0 radical (unpaired) electrons. The van der Waals surface area contributed by atoms with E-state index in [1.165, 1.54) is 0 Å². The minimum atomic E-state index is -1.08. The van der Waals surface area contributed by atoms with E-state index in [1.807, 2.05) is 48.5 Å². The van der Waals surface area contributed by atoms with Crippen LogP contribution in [-0.4, -0.2) is 11.1 Å². The lowest BCUT2D eigenvalue weighted by Gasteiger charge is -2.13. The first kappa shape index (κ1) is 16.2. The average molecular weight is 332 g/mol. The van der Waals surface area contributed by atoms with Gasteiger partial charge in [0, 0.05) is 0 Å². The molecule has 0 atom stereocenters. The van der Waals surface area contributed by atoms with Gasteiger partial charge in [0.15, 0.2) is 0 Å². The van der Waals surface area contributed by atoms with E-state index in [2.05, 4.69) is 21.1 Å². The predicted octanol–water partition coefficient (Wildman–Crippen LogP) is 5.24. The molecule has 0 amide bonds. The summed E-state index contributed by atoms with van der Waals surface area (Å²) in [6, 6.07) is 23.6. The highest BCUT2D eigenvalue weighted by molar-refractivity contribution is 5.99. The molecular formula is C19H16N4O2. The lowest BCUT2D eigenvalue weighted by molar-refractivity contribution is 0.0699. The number of carboxylic acids is 1. The van der Waals surface area contributed by atoms with Crippen molar-refractivity contribution < 1.29 is 9.90 Å². The van der Waals surface area contributed by atoms with Crippen molar-refractivity contribution in [1.82, 2.24) is 0 Å². The third-order valence-corrected chi connectivity index (χ3v) is 3.40. The Hall–Kier alpha value is -3.67. The Balaban J connectivity index is 1.86. The zero-order valence-corrected chi connectivity index (χ0v) is 13.3. The van der Waals surface area contributed by atoms with Crippen molar-refractivity contribution in [2.24, 2.45) is 10.2 Å².